The Labute approximate surface area is 156 Å². The first-order valence-corrected chi connectivity index (χ1v) is 8.60. The van der Waals surface area contributed by atoms with Crippen LogP contribution in [0.5, 0.6) is 0 Å². The lowest BCUT2D eigenvalue weighted by molar-refractivity contribution is -0.120. The molecule has 1 amide bonds. The highest BCUT2D eigenvalue weighted by atomic mass is 35.5. The number of halogens is 2. The third-order valence-electron chi connectivity index (χ3n) is 3.80. The topological polar surface area (TPSA) is 46.9 Å². The summed E-state index contributed by atoms with van der Waals surface area (Å²) in [7, 11) is 0. The van der Waals surface area contributed by atoms with Crippen LogP contribution in [0.4, 0.5) is 0 Å². The molecule has 0 fully saturated rings. The Bertz CT molecular complexity index is 843. The predicted octanol–water partition coefficient (Wildman–Crippen LogP) is 4.10. The van der Waals surface area contributed by atoms with Crippen LogP contribution >= 0.6 is 23.2 Å². The summed E-state index contributed by atoms with van der Waals surface area (Å²) in [6.07, 6.45) is 5.61. The van der Waals surface area contributed by atoms with E-state index in [2.05, 4.69) is 22.4 Å². The average Bonchev–Trinajstić information content (AvgIpc) is 3.10. The lowest BCUT2D eigenvalue weighted by atomic mass is 10.1. The number of nitrogens with one attached hydrogen (secondary N) is 1. The van der Waals surface area contributed by atoms with E-state index < -0.39 is 0 Å². The van der Waals surface area contributed by atoms with E-state index in [0.717, 1.165) is 17.7 Å². The van der Waals surface area contributed by atoms with Gasteiger partial charge in [-0.25, -0.2) is 4.98 Å². The number of nitrogens with zero attached hydrogens (tertiary/aromatic N) is 2. The van der Waals surface area contributed by atoms with Gasteiger partial charge < -0.3 is 9.88 Å². The fraction of sp³-hybridized carbons (Fsp3) is 0.158. The van der Waals surface area contributed by atoms with E-state index in [-0.39, 0.29) is 12.3 Å². The zero-order valence-corrected chi connectivity index (χ0v) is 15.0. The second-order valence-corrected chi connectivity index (χ2v) is 6.52. The first kappa shape index (κ1) is 17.5. The highest BCUT2D eigenvalue weighted by molar-refractivity contribution is 6.36. The summed E-state index contributed by atoms with van der Waals surface area (Å²) in [6, 6.07) is 13.3. The zero-order chi connectivity index (χ0) is 17.6. The van der Waals surface area contributed by atoms with Crippen molar-refractivity contribution in [3.8, 4) is 0 Å². The van der Waals surface area contributed by atoms with E-state index in [1.807, 2.05) is 22.9 Å². The van der Waals surface area contributed by atoms with Crippen LogP contribution in [0.2, 0.25) is 10.0 Å². The molecule has 1 N–H and O–H groups in total. The Hall–Kier alpha value is -2.30. The van der Waals surface area contributed by atoms with Crippen LogP contribution in [0.3, 0.4) is 0 Å². The van der Waals surface area contributed by atoms with Gasteiger partial charge in [-0.3, -0.25) is 4.79 Å². The molecule has 1 aromatic heterocycles. The monoisotopic (exact) mass is 373 g/mol. The maximum Gasteiger partial charge on any atom is 0.224 e. The van der Waals surface area contributed by atoms with Gasteiger partial charge >= 0.3 is 0 Å². The van der Waals surface area contributed by atoms with Gasteiger partial charge in [0.15, 0.2) is 0 Å². The van der Waals surface area contributed by atoms with Crippen LogP contribution in [-0.4, -0.2) is 15.5 Å². The minimum Gasteiger partial charge on any atom is -0.352 e. The molecule has 0 saturated carbocycles. The molecule has 3 aromatic rings. The minimum absolute atomic E-state index is 0.116. The maximum atomic E-state index is 12.2. The number of carbonyl (C=O) groups is 1. The van der Waals surface area contributed by atoms with Crippen LogP contribution in [-0.2, 0) is 24.3 Å². The Balaban J connectivity index is 1.59. The molecule has 0 bridgehead atoms. The molecule has 0 unspecified atom stereocenters. The summed E-state index contributed by atoms with van der Waals surface area (Å²) in [4.78, 5) is 16.2. The zero-order valence-electron chi connectivity index (χ0n) is 13.5. The fourth-order valence-electron chi connectivity index (χ4n) is 2.55. The molecular formula is C19H17Cl2N3O. The van der Waals surface area contributed by atoms with Crippen LogP contribution < -0.4 is 5.32 Å². The van der Waals surface area contributed by atoms with Crippen molar-refractivity contribution in [1.29, 1.82) is 0 Å². The second kappa shape index (κ2) is 8.19. The van der Waals surface area contributed by atoms with Crippen molar-refractivity contribution in [3.63, 3.8) is 0 Å². The summed E-state index contributed by atoms with van der Waals surface area (Å²) in [6.45, 7) is 1.20. The quantitative estimate of drug-likeness (QED) is 0.706. The standard InChI is InChI=1S/C19H17Cl2N3O/c20-17-5-2-6-18(21)16(17)10-19(25)23-11-14-3-1-4-15(9-14)12-24-8-7-22-13-24/h1-9,13H,10-12H2,(H,23,25). The number of amides is 1. The highest BCUT2D eigenvalue weighted by Crippen LogP contribution is 2.24. The highest BCUT2D eigenvalue weighted by Gasteiger charge is 2.10. The smallest absolute Gasteiger partial charge is 0.224 e. The molecule has 0 aliphatic carbocycles. The Kier molecular flexibility index (Phi) is 5.74. The molecule has 0 aliphatic rings. The maximum absolute atomic E-state index is 12.2. The number of hydrogen-bond acceptors (Lipinski definition) is 2. The molecule has 0 spiro atoms. The van der Waals surface area contributed by atoms with Gasteiger partial charge in [0, 0.05) is 35.5 Å². The molecule has 0 atom stereocenters. The van der Waals surface area contributed by atoms with E-state index in [1.54, 1.807) is 30.7 Å². The first-order valence-electron chi connectivity index (χ1n) is 7.85. The van der Waals surface area contributed by atoms with Crippen molar-refractivity contribution in [3.05, 3.63) is 87.9 Å². The minimum atomic E-state index is -0.116. The van der Waals surface area contributed by atoms with E-state index in [0.29, 0.717) is 22.2 Å². The third kappa shape index (κ3) is 4.84. The van der Waals surface area contributed by atoms with Crippen molar-refractivity contribution in [2.75, 3.05) is 0 Å². The summed E-state index contributed by atoms with van der Waals surface area (Å²) < 4.78 is 2.00. The van der Waals surface area contributed by atoms with Crippen LogP contribution in [0, 0.1) is 0 Å². The largest absolute Gasteiger partial charge is 0.352 e. The molecular weight excluding hydrogens is 357 g/mol. The lowest BCUT2D eigenvalue weighted by Crippen LogP contribution is -2.24. The molecule has 0 radical (unpaired) electrons. The van der Waals surface area contributed by atoms with Crippen molar-refractivity contribution in [2.45, 2.75) is 19.5 Å². The number of hydrogen-bond donors (Lipinski definition) is 1. The van der Waals surface area contributed by atoms with Crippen molar-refractivity contribution < 1.29 is 4.79 Å². The van der Waals surface area contributed by atoms with E-state index in [1.165, 1.54) is 0 Å². The van der Waals surface area contributed by atoms with Gasteiger partial charge in [-0.2, -0.15) is 0 Å². The molecule has 4 nitrogen and oxygen atoms in total. The number of aromatic nitrogens is 2. The van der Waals surface area contributed by atoms with Crippen LogP contribution in [0.25, 0.3) is 0 Å². The molecule has 3 rings (SSSR count). The molecule has 1 heterocycles. The van der Waals surface area contributed by atoms with Gasteiger partial charge in [-0.1, -0.05) is 53.5 Å². The fourth-order valence-corrected chi connectivity index (χ4v) is 3.09. The van der Waals surface area contributed by atoms with E-state index >= 15 is 0 Å². The molecule has 25 heavy (non-hydrogen) atoms. The molecule has 0 saturated heterocycles. The number of rotatable bonds is 6. The summed E-state index contributed by atoms with van der Waals surface area (Å²) in [5.41, 5.74) is 2.84. The molecule has 2 aromatic carbocycles. The number of benzene rings is 2. The molecule has 6 heteroatoms. The molecule has 0 aliphatic heterocycles. The van der Waals surface area contributed by atoms with Gasteiger partial charge in [0.1, 0.15) is 0 Å². The van der Waals surface area contributed by atoms with E-state index in [4.69, 9.17) is 23.2 Å². The Morgan fingerprint density at radius 1 is 1.08 bits per heavy atom. The lowest BCUT2D eigenvalue weighted by Gasteiger charge is -2.09. The van der Waals surface area contributed by atoms with Crippen molar-refractivity contribution in [2.24, 2.45) is 0 Å². The second-order valence-electron chi connectivity index (χ2n) is 5.71. The van der Waals surface area contributed by atoms with Gasteiger partial charge in [0.25, 0.3) is 0 Å². The summed E-state index contributed by atoms with van der Waals surface area (Å²) in [5.74, 6) is -0.116. The van der Waals surface area contributed by atoms with Crippen LogP contribution in [0.15, 0.2) is 61.2 Å². The Morgan fingerprint density at radius 2 is 1.80 bits per heavy atom. The number of carbonyl (C=O) groups excluding carboxylic acids is 1. The third-order valence-corrected chi connectivity index (χ3v) is 4.51. The first-order chi connectivity index (χ1) is 12.1. The van der Waals surface area contributed by atoms with Gasteiger partial charge in [-0.05, 0) is 28.8 Å². The number of imidazole rings is 1. The summed E-state index contributed by atoms with van der Waals surface area (Å²) in [5, 5.41) is 3.92. The Morgan fingerprint density at radius 3 is 2.52 bits per heavy atom. The van der Waals surface area contributed by atoms with Crippen LogP contribution in [0.1, 0.15) is 16.7 Å². The predicted molar refractivity (Wildman–Crippen MR) is 99.8 cm³/mol. The van der Waals surface area contributed by atoms with E-state index in [9.17, 15) is 4.79 Å². The molecule has 128 valence electrons. The average molecular weight is 374 g/mol. The van der Waals surface area contributed by atoms with Gasteiger partial charge in [0.05, 0.1) is 12.7 Å². The SMILES string of the molecule is O=C(Cc1c(Cl)cccc1Cl)NCc1cccc(Cn2ccnc2)c1. The normalized spacial score (nSPS) is 10.6. The van der Waals surface area contributed by atoms with Gasteiger partial charge in [-0.15, -0.1) is 0 Å². The van der Waals surface area contributed by atoms with Gasteiger partial charge in [0.2, 0.25) is 5.91 Å². The van der Waals surface area contributed by atoms with Crippen molar-refractivity contribution in [1.82, 2.24) is 14.9 Å². The summed E-state index contributed by atoms with van der Waals surface area (Å²) >= 11 is 12.2. The van der Waals surface area contributed by atoms with Crippen molar-refractivity contribution >= 4 is 29.1 Å².